The summed E-state index contributed by atoms with van der Waals surface area (Å²) in [6, 6.07) is -1.43. The average molecular weight is 245 g/mol. The molecule has 0 spiro atoms. The first-order valence-corrected chi connectivity index (χ1v) is 5.30. The summed E-state index contributed by atoms with van der Waals surface area (Å²) in [5, 5.41) is 9.87. The van der Waals surface area contributed by atoms with Crippen LogP contribution in [0.3, 0.4) is 0 Å². The van der Waals surface area contributed by atoms with Crippen LogP contribution in [0.15, 0.2) is 0 Å². The molecular formula is C3H5NNa2O5S2. The van der Waals surface area contributed by atoms with Crippen molar-refractivity contribution in [3.05, 3.63) is 0 Å². The van der Waals surface area contributed by atoms with Crippen molar-refractivity contribution in [3.8, 4) is 0 Å². The van der Waals surface area contributed by atoms with E-state index in [1.165, 1.54) is 0 Å². The third kappa shape index (κ3) is 13.7. The Balaban J connectivity index is -0.000000500. The molecule has 0 aliphatic rings. The molecule has 0 rings (SSSR count). The van der Waals surface area contributed by atoms with Gasteiger partial charge in [-0.05, 0) is 10.8 Å². The van der Waals surface area contributed by atoms with Crippen LogP contribution in [-0.4, -0.2) is 30.7 Å². The van der Waals surface area contributed by atoms with Gasteiger partial charge in [0.1, 0.15) is 9.15 Å². The quantitative estimate of drug-likeness (QED) is 0.296. The van der Waals surface area contributed by atoms with Crippen molar-refractivity contribution < 1.29 is 82.0 Å². The van der Waals surface area contributed by atoms with E-state index in [9.17, 15) is 22.9 Å². The van der Waals surface area contributed by atoms with E-state index in [0.29, 0.717) is 0 Å². The molecule has 0 unspecified atom stereocenters. The van der Waals surface area contributed by atoms with Crippen LogP contribution in [0.4, 0.5) is 0 Å². The number of hydrogen-bond donors (Lipinski definition) is 1. The zero-order valence-electron chi connectivity index (χ0n) is 7.22. The average Bonchev–Trinajstić information content (AvgIpc) is 1.80. The Morgan fingerprint density at radius 2 is 1.85 bits per heavy atom. The molecule has 0 fully saturated rings. The topological polar surface area (TPSA) is 123 Å². The normalized spacial score (nSPS) is 12.2. The summed E-state index contributed by atoms with van der Waals surface area (Å²) in [5.74, 6) is -2.07. The molecule has 13 heavy (non-hydrogen) atoms. The second kappa shape index (κ2) is 8.96. The maximum atomic E-state index is 9.90. The van der Waals surface area contributed by atoms with Gasteiger partial charge in [0.05, 0.1) is 12.0 Å². The third-order valence-corrected chi connectivity index (χ3v) is 2.75. The molecule has 0 aromatic heterocycles. The van der Waals surface area contributed by atoms with Crippen molar-refractivity contribution in [2.24, 2.45) is 5.73 Å². The van der Waals surface area contributed by atoms with Crippen LogP contribution in [0.2, 0.25) is 0 Å². The van der Waals surface area contributed by atoms with Gasteiger partial charge in [0.15, 0.2) is 0 Å². The molecule has 1 atom stereocenters. The van der Waals surface area contributed by atoms with E-state index in [-0.39, 0.29) is 69.9 Å². The van der Waals surface area contributed by atoms with E-state index in [2.05, 4.69) is 0 Å². The molecule has 6 nitrogen and oxygen atoms in total. The molecule has 0 aliphatic carbocycles. The van der Waals surface area contributed by atoms with E-state index in [0.717, 1.165) is 0 Å². The number of carboxylic acid groups (broad SMARTS) is 1. The smallest absolute Gasteiger partial charge is 0.739 e. The van der Waals surface area contributed by atoms with E-state index in [1.54, 1.807) is 0 Å². The number of hydrogen-bond acceptors (Lipinski definition) is 7. The fraction of sp³-hybridized carbons (Fsp3) is 0.667. The second-order valence-electron chi connectivity index (χ2n) is 1.62. The molecule has 0 aliphatic heterocycles. The molecule has 2 N–H and O–H groups in total. The monoisotopic (exact) mass is 245 g/mol. The second-order valence-corrected chi connectivity index (χ2v) is 4.94. The van der Waals surface area contributed by atoms with Gasteiger partial charge in [0.25, 0.3) is 0 Å². The molecule has 66 valence electrons. The number of carbonyl (C=O) groups is 1. The SMILES string of the molecule is N[C@H](CSS(=O)(=O)[O-])C(=O)[O-].[Na+].[Na+]. The van der Waals surface area contributed by atoms with Gasteiger partial charge in [0, 0.05) is 5.75 Å². The van der Waals surface area contributed by atoms with E-state index < -0.39 is 26.9 Å². The maximum Gasteiger partial charge on any atom is 1.00 e. The fourth-order valence-electron chi connectivity index (χ4n) is 0.225. The summed E-state index contributed by atoms with van der Waals surface area (Å²) in [5.41, 5.74) is 4.84. The van der Waals surface area contributed by atoms with Crippen LogP contribution < -0.4 is 70.0 Å². The van der Waals surface area contributed by atoms with Gasteiger partial charge < -0.3 is 20.2 Å². The molecule has 0 aromatic rings. The summed E-state index contributed by atoms with van der Waals surface area (Å²) in [6.45, 7) is 0. The van der Waals surface area contributed by atoms with Crippen LogP contribution in [0.5, 0.6) is 0 Å². The Hall–Kier alpha value is 1.69. The first-order chi connectivity index (χ1) is 4.83. The van der Waals surface area contributed by atoms with Gasteiger partial charge in [-0.1, -0.05) is 0 Å². The van der Waals surface area contributed by atoms with Gasteiger partial charge in [-0.15, -0.1) is 0 Å². The zero-order valence-corrected chi connectivity index (χ0v) is 12.9. The number of rotatable bonds is 4. The van der Waals surface area contributed by atoms with Crippen LogP contribution in [-0.2, 0) is 13.9 Å². The molecule has 0 saturated carbocycles. The Bertz CT molecular complexity index is 242. The molecule has 0 saturated heterocycles. The molecular weight excluding hydrogens is 240 g/mol. The minimum absolute atomic E-state index is 0. The van der Waals surface area contributed by atoms with Gasteiger partial charge in [-0.2, -0.15) is 0 Å². The van der Waals surface area contributed by atoms with Gasteiger partial charge in [0.2, 0.25) is 0 Å². The Labute approximate surface area is 124 Å². The number of aliphatic carboxylic acids is 1. The maximum absolute atomic E-state index is 9.90. The van der Waals surface area contributed by atoms with Crippen LogP contribution in [0.25, 0.3) is 0 Å². The van der Waals surface area contributed by atoms with Crippen LogP contribution in [0.1, 0.15) is 0 Å². The predicted octanol–water partition coefficient (Wildman–Crippen LogP) is -8.74. The molecule has 10 heteroatoms. The van der Waals surface area contributed by atoms with Crippen molar-refractivity contribution in [1.29, 1.82) is 0 Å². The standard InChI is InChI=1S/C3H7NO5S2.2Na/c4-2(3(5)6)1-10-11(7,8)9;;/h2H,1,4H2,(H,5,6)(H,7,8,9);;/q;2*+1/p-2/t2-;;/m1../s1. The van der Waals surface area contributed by atoms with Crippen LogP contribution in [0, 0.1) is 0 Å². The van der Waals surface area contributed by atoms with E-state index in [4.69, 9.17) is 5.73 Å². The van der Waals surface area contributed by atoms with Gasteiger partial charge in [-0.3, -0.25) is 0 Å². The fourth-order valence-corrected chi connectivity index (χ4v) is 1.61. The largest absolute Gasteiger partial charge is 1.00 e. The third-order valence-electron chi connectivity index (χ3n) is 0.695. The molecule has 0 aromatic carbocycles. The summed E-state index contributed by atoms with van der Waals surface area (Å²) < 4.78 is 29.7. The molecule has 0 heterocycles. The molecule has 0 amide bonds. The number of carboxylic acids is 1. The number of nitrogens with two attached hydrogens (primary N) is 1. The van der Waals surface area contributed by atoms with Crippen molar-refractivity contribution in [2.75, 3.05) is 5.75 Å². The van der Waals surface area contributed by atoms with Gasteiger partial charge in [-0.25, -0.2) is 8.42 Å². The Morgan fingerprint density at radius 3 is 2.08 bits per heavy atom. The van der Waals surface area contributed by atoms with Crippen LogP contribution >= 0.6 is 10.8 Å². The predicted molar refractivity (Wildman–Crippen MR) is 35.1 cm³/mol. The Morgan fingerprint density at radius 1 is 1.46 bits per heavy atom. The summed E-state index contributed by atoms with van der Waals surface area (Å²) in [7, 11) is -4.52. The number of carbonyl (C=O) groups excluding carboxylic acids is 1. The zero-order chi connectivity index (χ0) is 9.07. The minimum Gasteiger partial charge on any atom is -0.739 e. The van der Waals surface area contributed by atoms with Crippen molar-refractivity contribution in [2.45, 2.75) is 6.04 Å². The summed E-state index contributed by atoms with van der Waals surface area (Å²) in [6.07, 6.45) is 0. The first kappa shape index (κ1) is 20.1. The van der Waals surface area contributed by atoms with Gasteiger partial charge >= 0.3 is 59.1 Å². The Kier molecular flexibility index (Phi) is 13.9. The first-order valence-electron chi connectivity index (χ1n) is 2.39. The summed E-state index contributed by atoms with van der Waals surface area (Å²) >= 11 is 0. The molecule has 0 radical (unpaired) electrons. The summed E-state index contributed by atoms with van der Waals surface area (Å²) in [4.78, 5) is 9.87. The van der Waals surface area contributed by atoms with E-state index in [1.807, 2.05) is 0 Å². The van der Waals surface area contributed by atoms with Crippen molar-refractivity contribution >= 4 is 25.9 Å². The molecule has 0 bridgehead atoms. The van der Waals surface area contributed by atoms with E-state index >= 15 is 0 Å². The minimum atomic E-state index is -4.46. The van der Waals surface area contributed by atoms with Crippen molar-refractivity contribution in [1.82, 2.24) is 0 Å². The van der Waals surface area contributed by atoms with Crippen molar-refractivity contribution in [3.63, 3.8) is 0 Å².